The summed E-state index contributed by atoms with van der Waals surface area (Å²) in [6.07, 6.45) is 5.28. The number of fused-ring (bicyclic) bond motifs is 1. The maximum absolute atomic E-state index is 6.21. The van der Waals surface area contributed by atoms with E-state index in [0.717, 1.165) is 25.3 Å². The zero-order chi connectivity index (χ0) is 15.2. The van der Waals surface area contributed by atoms with Crippen molar-refractivity contribution in [3.63, 3.8) is 0 Å². The first-order valence-electron chi connectivity index (χ1n) is 8.15. The molecule has 2 aromatic rings. The third-order valence-electron chi connectivity index (χ3n) is 4.79. The van der Waals surface area contributed by atoms with Gasteiger partial charge in [0.25, 0.3) is 0 Å². The number of H-pyrrole nitrogens is 1. The molecule has 0 amide bonds. The Morgan fingerprint density at radius 3 is 3.09 bits per heavy atom. The van der Waals surface area contributed by atoms with Gasteiger partial charge in [-0.25, -0.2) is 0 Å². The minimum atomic E-state index is -0.0772. The van der Waals surface area contributed by atoms with Crippen molar-refractivity contribution in [3.8, 4) is 5.75 Å². The van der Waals surface area contributed by atoms with Gasteiger partial charge in [-0.1, -0.05) is 18.2 Å². The van der Waals surface area contributed by atoms with Gasteiger partial charge in [0.15, 0.2) is 0 Å². The largest absolute Gasteiger partial charge is 0.487 e. The second-order valence-electron chi connectivity index (χ2n) is 7.08. The summed E-state index contributed by atoms with van der Waals surface area (Å²) in [6.45, 7) is 6.42. The van der Waals surface area contributed by atoms with Crippen LogP contribution in [0.2, 0.25) is 0 Å². The molecule has 1 saturated heterocycles. The molecule has 1 atom stereocenters. The lowest BCUT2D eigenvalue weighted by Crippen LogP contribution is -2.26. The van der Waals surface area contributed by atoms with Crippen molar-refractivity contribution < 1.29 is 4.74 Å². The van der Waals surface area contributed by atoms with Gasteiger partial charge in [-0.3, -0.25) is 10.00 Å². The molecule has 1 N–H and O–H groups in total. The number of nitrogens with one attached hydrogen (secondary N) is 1. The minimum absolute atomic E-state index is 0.0772. The molecule has 0 saturated carbocycles. The lowest BCUT2D eigenvalue weighted by Gasteiger charge is -2.25. The van der Waals surface area contributed by atoms with Crippen LogP contribution in [0.1, 0.15) is 49.6 Å². The molecule has 4 rings (SSSR count). The van der Waals surface area contributed by atoms with E-state index in [1.807, 2.05) is 6.20 Å². The Morgan fingerprint density at radius 1 is 1.36 bits per heavy atom. The van der Waals surface area contributed by atoms with Gasteiger partial charge in [-0.05, 0) is 44.9 Å². The lowest BCUT2D eigenvalue weighted by atomic mass is 10.0. The normalized spacial score (nSPS) is 23.5. The second-order valence-corrected chi connectivity index (χ2v) is 7.08. The molecule has 0 radical (unpaired) electrons. The highest BCUT2D eigenvalue weighted by molar-refractivity contribution is 5.45. The summed E-state index contributed by atoms with van der Waals surface area (Å²) < 4.78 is 6.21. The molecule has 22 heavy (non-hydrogen) atoms. The van der Waals surface area contributed by atoms with Crippen LogP contribution in [0.4, 0.5) is 0 Å². The summed E-state index contributed by atoms with van der Waals surface area (Å²) in [6, 6.07) is 9.12. The predicted octanol–water partition coefficient (Wildman–Crippen LogP) is 3.46. The van der Waals surface area contributed by atoms with Gasteiger partial charge in [0.05, 0.1) is 11.7 Å². The van der Waals surface area contributed by atoms with Gasteiger partial charge in [0.2, 0.25) is 0 Å². The van der Waals surface area contributed by atoms with E-state index in [1.165, 1.54) is 29.7 Å². The van der Waals surface area contributed by atoms with Gasteiger partial charge >= 0.3 is 0 Å². The van der Waals surface area contributed by atoms with Crippen molar-refractivity contribution in [3.05, 3.63) is 47.3 Å². The van der Waals surface area contributed by atoms with E-state index < -0.39 is 0 Å². The zero-order valence-corrected chi connectivity index (χ0v) is 13.3. The van der Waals surface area contributed by atoms with Crippen molar-refractivity contribution in [2.45, 2.75) is 51.3 Å². The summed E-state index contributed by atoms with van der Waals surface area (Å²) in [7, 11) is 0. The summed E-state index contributed by atoms with van der Waals surface area (Å²) in [5, 5.41) is 7.25. The first kappa shape index (κ1) is 13.8. The van der Waals surface area contributed by atoms with Crippen LogP contribution in [-0.4, -0.2) is 27.2 Å². The maximum Gasteiger partial charge on any atom is 0.127 e. The number of aromatic nitrogens is 2. The molecule has 4 nitrogen and oxygen atoms in total. The van der Waals surface area contributed by atoms with E-state index in [-0.39, 0.29) is 5.60 Å². The molecule has 0 spiro atoms. The number of para-hydroxylation sites is 1. The van der Waals surface area contributed by atoms with Crippen molar-refractivity contribution in [1.82, 2.24) is 15.1 Å². The number of hydrogen-bond acceptors (Lipinski definition) is 3. The van der Waals surface area contributed by atoms with Crippen molar-refractivity contribution in [2.24, 2.45) is 0 Å². The van der Waals surface area contributed by atoms with E-state index in [0.29, 0.717) is 6.04 Å². The monoisotopic (exact) mass is 297 g/mol. The fraction of sp³-hybridized carbons (Fsp3) is 0.500. The number of hydrogen-bond donors (Lipinski definition) is 1. The van der Waals surface area contributed by atoms with Crippen LogP contribution < -0.4 is 4.74 Å². The molecule has 1 fully saturated rings. The van der Waals surface area contributed by atoms with Crippen LogP contribution in [0.5, 0.6) is 5.75 Å². The quantitative estimate of drug-likeness (QED) is 0.943. The predicted molar refractivity (Wildman–Crippen MR) is 85.8 cm³/mol. The van der Waals surface area contributed by atoms with Gasteiger partial charge in [0.1, 0.15) is 11.4 Å². The average Bonchev–Trinajstić information content (AvgIpc) is 3.16. The highest BCUT2D eigenvalue weighted by Gasteiger charge is 2.33. The lowest BCUT2D eigenvalue weighted by molar-refractivity contribution is 0.135. The third-order valence-corrected chi connectivity index (χ3v) is 4.79. The Bertz CT molecular complexity index is 663. The molecule has 1 aromatic carbocycles. The van der Waals surface area contributed by atoms with Gasteiger partial charge in [0, 0.05) is 24.7 Å². The summed E-state index contributed by atoms with van der Waals surface area (Å²) in [5.41, 5.74) is 3.81. The molecular weight excluding hydrogens is 274 g/mol. The van der Waals surface area contributed by atoms with Crippen LogP contribution in [0.25, 0.3) is 0 Å². The molecule has 1 aromatic heterocycles. The van der Waals surface area contributed by atoms with Crippen molar-refractivity contribution in [2.75, 3.05) is 6.54 Å². The summed E-state index contributed by atoms with van der Waals surface area (Å²) in [4.78, 5) is 2.54. The summed E-state index contributed by atoms with van der Waals surface area (Å²) in [5.74, 6) is 1.11. The smallest absolute Gasteiger partial charge is 0.127 e. The van der Waals surface area contributed by atoms with Gasteiger partial charge in [-0.15, -0.1) is 0 Å². The van der Waals surface area contributed by atoms with Crippen LogP contribution in [0.3, 0.4) is 0 Å². The third kappa shape index (κ3) is 2.41. The van der Waals surface area contributed by atoms with E-state index >= 15 is 0 Å². The number of likely N-dealkylation sites (tertiary alicyclic amines) is 1. The molecule has 2 aliphatic rings. The van der Waals surface area contributed by atoms with Crippen molar-refractivity contribution >= 4 is 0 Å². The Balaban J connectivity index is 1.59. The maximum atomic E-state index is 6.21. The Kier molecular flexibility index (Phi) is 3.22. The molecule has 0 bridgehead atoms. The zero-order valence-electron chi connectivity index (χ0n) is 13.3. The molecule has 2 aliphatic heterocycles. The Hall–Kier alpha value is -1.81. The SMILES string of the molecule is CC1(C)Cc2cccc(CN3CCCC3c3ccn[nH]3)c2O1. The Morgan fingerprint density at radius 2 is 2.27 bits per heavy atom. The number of benzene rings is 1. The topological polar surface area (TPSA) is 41.2 Å². The van der Waals surface area contributed by atoms with E-state index in [1.54, 1.807) is 0 Å². The average molecular weight is 297 g/mol. The van der Waals surface area contributed by atoms with E-state index in [2.05, 4.69) is 53.2 Å². The Labute approximate surface area is 131 Å². The van der Waals surface area contributed by atoms with Crippen LogP contribution in [-0.2, 0) is 13.0 Å². The molecule has 1 unspecified atom stereocenters. The molecule has 0 aliphatic carbocycles. The van der Waals surface area contributed by atoms with Crippen LogP contribution >= 0.6 is 0 Å². The fourth-order valence-electron chi connectivity index (χ4n) is 3.84. The number of rotatable bonds is 3. The van der Waals surface area contributed by atoms with Gasteiger partial charge in [-0.2, -0.15) is 5.10 Å². The fourth-order valence-corrected chi connectivity index (χ4v) is 3.84. The molecular formula is C18H23N3O. The molecule has 4 heteroatoms. The van der Waals surface area contributed by atoms with Crippen LogP contribution in [0, 0.1) is 0 Å². The number of ether oxygens (including phenoxy) is 1. The highest BCUT2D eigenvalue weighted by atomic mass is 16.5. The summed E-state index contributed by atoms with van der Waals surface area (Å²) >= 11 is 0. The molecule has 3 heterocycles. The van der Waals surface area contributed by atoms with Crippen LogP contribution in [0.15, 0.2) is 30.5 Å². The second kappa shape index (κ2) is 5.13. The number of nitrogens with zero attached hydrogens (tertiary/aromatic N) is 2. The van der Waals surface area contributed by atoms with Crippen molar-refractivity contribution in [1.29, 1.82) is 0 Å². The first-order valence-corrected chi connectivity index (χ1v) is 8.15. The highest BCUT2D eigenvalue weighted by Crippen LogP contribution is 2.40. The van der Waals surface area contributed by atoms with Gasteiger partial charge < -0.3 is 4.74 Å². The standard InChI is InChI=1S/C18H23N3O/c1-18(2)11-13-5-3-6-14(17(13)22-18)12-21-10-4-7-16(21)15-8-9-19-20-15/h3,5-6,8-9,16H,4,7,10-12H2,1-2H3,(H,19,20). The first-order chi connectivity index (χ1) is 10.6. The minimum Gasteiger partial charge on any atom is -0.487 e. The van der Waals surface area contributed by atoms with E-state index in [4.69, 9.17) is 4.74 Å². The number of aromatic amines is 1. The van der Waals surface area contributed by atoms with E-state index in [9.17, 15) is 0 Å². The molecule has 116 valence electrons.